The van der Waals surface area contributed by atoms with E-state index < -0.39 is 0 Å². The van der Waals surface area contributed by atoms with Crippen LogP contribution in [-0.2, 0) is 11.2 Å². The van der Waals surface area contributed by atoms with Gasteiger partial charge in [-0.15, -0.1) is 0 Å². The molecule has 2 atom stereocenters. The highest BCUT2D eigenvalue weighted by Crippen LogP contribution is 2.07. The first-order chi connectivity index (χ1) is 7.27. The van der Waals surface area contributed by atoms with Crippen LogP contribution in [0.15, 0.2) is 30.3 Å². The fourth-order valence-corrected chi connectivity index (χ4v) is 1.70. The van der Waals surface area contributed by atoms with Gasteiger partial charge in [0.25, 0.3) is 0 Å². The van der Waals surface area contributed by atoms with E-state index in [0.29, 0.717) is 6.04 Å². The minimum Gasteiger partial charge on any atom is -0.380 e. The summed E-state index contributed by atoms with van der Waals surface area (Å²) in [6, 6.07) is 10.9. The Labute approximate surface area is 92.6 Å². The Morgan fingerprint density at radius 1 is 1.27 bits per heavy atom. The van der Waals surface area contributed by atoms with E-state index in [2.05, 4.69) is 43.4 Å². The molecular formula is C13H21NO. The zero-order chi connectivity index (χ0) is 11.1. The van der Waals surface area contributed by atoms with Crippen LogP contribution >= 0.6 is 0 Å². The number of rotatable bonds is 6. The fraction of sp³-hybridized carbons (Fsp3) is 0.538. The first-order valence-corrected chi connectivity index (χ1v) is 5.58. The molecule has 0 saturated heterocycles. The fourth-order valence-electron chi connectivity index (χ4n) is 1.70. The average Bonchev–Trinajstić information content (AvgIpc) is 2.29. The minimum atomic E-state index is 0.241. The Balaban J connectivity index is 2.58. The summed E-state index contributed by atoms with van der Waals surface area (Å²) in [6.45, 7) is 5.21. The van der Waals surface area contributed by atoms with Crippen LogP contribution in [0.4, 0.5) is 0 Å². The van der Waals surface area contributed by atoms with Gasteiger partial charge in [0.15, 0.2) is 0 Å². The third-order valence-corrected chi connectivity index (χ3v) is 2.70. The molecule has 0 aromatic heterocycles. The van der Waals surface area contributed by atoms with Crippen LogP contribution in [0.25, 0.3) is 0 Å². The Kier molecular flexibility index (Phi) is 5.37. The molecule has 84 valence electrons. The lowest BCUT2D eigenvalue weighted by Gasteiger charge is -2.23. The molecule has 0 aliphatic carbocycles. The number of methoxy groups -OCH3 is 1. The number of hydrogen-bond donors (Lipinski definition) is 1. The summed E-state index contributed by atoms with van der Waals surface area (Å²) in [5.41, 5.74) is 1.35. The molecule has 1 N–H and O–H groups in total. The molecule has 0 heterocycles. The molecule has 0 aliphatic heterocycles. The third-order valence-electron chi connectivity index (χ3n) is 2.70. The highest BCUT2D eigenvalue weighted by atomic mass is 16.5. The summed E-state index contributed by atoms with van der Waals surface area (Å²) >= 11 is 0. The van der Waals surface area contributed by atoms with Crippen molar-refractivity contribution in [3.63, 3.8) is 0 Å². The second kappa shape index (κ2) is 6.59. The van der Waals surface area contributed by atoms with Gasteiger partial charge in [-0.25, -0.2) is 0 Å². The largest absolute Gasteiger partial charge is 0.380 e. The van der Waals surface area contributed by atoms with E-state index in [4.69, 9.17) is 4.74 Å². The Bertz CT molecular complexity index is 260. The maximum absolute atomic E-state index is 5.37. The monoisotopic (exact) mass is 207 g/mol. The van der Waals surface area contributed by atoms with Gasteiger partial charge in [-0.3, -0.25) is 0 Å². The SMILES string of the molecule is CCNC(Cc1ccccc1)C(C)OC. The van der Waals surface area contributed by atoms with Gasteiger partial charge in [0.05, 0.1) is 6.10 Å². The summed E-state index contributed by atoms with van der Waals surface area (Å²) in [6.07, 6.45) is 1.26. The molecule has 0 bridgehead atoms. The normalized spacial score (nSPS) is 14.9. The van der Waals surface area contributed by atoms with Crippen LogP contribution in [-0.4, -0.2) is 25.8 Å². The van der Waals surface area contributed by atoms with Gasteiger partial charge in [-0.2, -0.15) is 0 Å². The highest BCUT2D eigenvalue weighted by molar-refractivity contribution is 5.16. The van der Waals surface area contributed by atoms with Crippen molar-refractivity contribution in [1.82, 2.24) is 5.32 Å². The smallest absolute Gasteiger partial charge is 0.0699 e. The number of hydrogen-bond acceptors (Lipinski definition) is 2. The molecular weight excluding hydrogens is 186 g/mol. The second-order valence-electron chi connectivity index (χ2n) is 3.79. The molecule has 2 nitrogen and oxygen atoms in total. The van der Waals surface area contributed by atoms with Crippen LogP contribution in [0.3, 0.4) is 0 Å². The summed E-state index contributed by atoms with van der Waals surface area (Å²) in [4.78, 5) is 0. The van der Waals surface area contributed by atoms with Crippen molar-refractivity contribution in [1.29, 1.82) is 0 Å². The lowest BCUT2D eigenvalue weighted by atomic mass is 10.0. The van der Waals surface area contributed by atoms with E-state index in [1.807, 2.05) is 6.07 Å². The number of likely N-dealkylation sites (N-methyl/N-ethyl adjacent to an activating group) is 1. The van der Waals surface area contributed by atoms with Crippen LogP contribution in [0.2, 0.25) is 0 Å². The predicted octanol–water partition coefficient (Wildman–Crippen LogP) is 2.24. The van der Waals surface area contributed by atoms with E-state index >= 15 is 0 Å². The third kappa shape index (κ3) is 4.02. The molecule has 0 aliphatic rings. The highest BCUT2D eigenvalue weighted by Gasteiger charge is 2.15. The van der Waals surface area contributed by atoms with Crippen LogP contribution in [0.1, 0.15) is 19.4 Å². The molecule has 0 radical (unpaired) electrons. The quantitative estimate of drug-likeness (QED) is 0.772. The van der Waals surface area contributed by atoms with Gasteiger partial charge in [-0.1, -0.05) is 37.3 Å². The van der Waals surface area contributed by atoms with Crippen molar-refractivity contribution in [2.24, 2.45) is 0 Å². The van der Waals surface area contributed by atoms with Crippen molar-refractivity contribution in [2.45, 2.75) is 32.4 Å². The molecule has 1 aromatic carbocycles. The minimum absolute atomic E-state index is 0.241. The van der Waals surface area contributed by atoms with Gasteiger partial charge in [0.2, 0.25) is 0 Å². The molecule has 15 heavy (non-hydrogen) atoms. The molecule has 2 unspecified atom stereocenters. The van der Waals surface area contributed by atoms with Gasteiger partial charge < -0.3 is 10.1 Å². The summed E-state index contributed by atoms with van der Waals surface area (Å²) in [5, 5.41) is 3.46. The van der Waals surface area contributed by atoms with Crippen molar-refractivity contribution in [3.05, 3.63) is 35.9 Å². The maximum atomic E-state index is 5.37. The first kappa shape index (κ1) is 12.2. The van der Waals surface area contributed by atoms with Gasteiger partial charge >= 0.3 is 0 Å². The van der Waals surface area contributed by atoms with E-state index in [-0.39, 0.29) is 6.10 Å². The molecule has 0 saturated carbocycles. The lowest BCUT2D eigenvalue weighted by molar-refractivity contribution is 0.0836. The van der Waals surface area contributed by atoms with Gasteiger partial charge in [0, 0.05) is 13.2 Å². The van der Waals surface area contributed by atoms with E-state index in [1.54, 1.807) is 7.11 Å². The van der Waals surface area contributed by atoms with Gasteiger partial charge in [-0.05, 0) is 25.5 Å². The zero-order valence-corrected chi connectivity index (χ0v) is 9.86. The van der Waals surface area contributed by atoms with Gasteiger partial charge in [0.1, 0.15) is 0 Å². The molecule has 0 spiro atoms. The van der Waals surface area contributed by atoms with E-state index in [9.17, 15) is 0 Å². The Hall–Kier alpha value is -0.860. The summed E-state index contributed by atoms with van der Waals surface area (Å²) in [5.74, 6) is 0. The lowest BCUT2D eigenvalue weighted by Crippen LogP contribution is -2.40. The Morgan fingerprint density at radius 3 is 2.47 bits per heavy atom. The molecule has 0 amide bonds. The maximum Gasteiger partial charge on any atom is 0.0699 e. The van der Waals surface area contributed by atoms with Crippen molar-refractivity contribution in [2.75, 3.05) is 13.7 Å². The average molecular weight is 207 g/mol. The molecule has 1 rings (SSSR count). The van der Waals surface area contributed by atoms with E-state index in [1.165, 1.54) is 5.56 Å². The zero-order valence-electron chi connectivity index (χ0n) is 9.86. The molecule has 2 heteroatoms. The number of nitrogens with one attached hydrogen (secondary N) is 1. The number of ether oxygens (including phenoxy) is 1. The number of benzene rings is 1. The summed E-state index contributed by atoms with van der Waals surface area (Å²) in [7, 11) is 1.76. The molecule has 0 fully saturated rings. The van der Waals surface area contributed by atoms with Crippen molar-refractivity contribution >= 4 is 0 Å². The Morgan fingerprint density at radius 2 is 1.93 bits per heavy atom. The second-order valence-corrected chi connectivity index (χ2v) is 3.79. The summed E-state index contributed by atoms with van der Waals surface area (Å²) < 4.78 is 5.37. The predicted molar refractivity (Wildman–Crippen MR) is 64.1 cm³/mol. The topological polar surface area (TPSA) is 21.3 Å². The van der Waals surface area contributed by atoms with Crippen LogP contribution in [0, 0.1) is 0 Å². The van der Waals surface area contributed by atoms with Crippen LogP contribution in [0.5, 0.6) is 0 Å². The first-order valence-electron chi connectivity index (χ1n) is 5.58. The van der Waals surface area contributed by atoms with E-state index in [0.717, 1.165) is 13.0 Å². The van der Waals surface area contributed by atoms with Crippen molar-refractivity contribution < 1.29 is 4.74 Å². The van der Waals surface area contributed by atoms with Crippen molar-refractivity contribution in [3.8, 4) is 0 Å². The molecule has 1 aromatic rings. The van der Waals surface area contributed by atoms with Crippen LogP contribution < -0.4 is 5.32 Å². The standard InChI is InChI=1S/C13H21NO/c1-4-14-13(11(2)15-3)10-12-8-6-5-7-9-12/h5-9,11,13-14H,4,10H2,1-3H3.